The van der Waals surface area contributed by atoms with E-state index in [0.29, 0.717) is 17.3 Å². The first kappa shape index (κ1) is 16.5. The lowest BCUT2D eigenvalue weighted by Crippen LogP contribution is -2.48. The Labute approximate surface area is 147 Å². The number of piperidine rings is 1. The molecule has 1 aromatic heterocycles. The van der Waals surface area contributed by atoms with E-state index in [1.165, 1.54) is 11.3 Å². The average molecular weight is 369 g/mol. The van der Waals surface area contributed by atoms with Gasteiger partial charge in [-0.3, -0.25) is 4.79 Å². The molecule has 0 aromatic carbocycles. The third-order valence-electron chi connectivity index (χ3n) is 5.70. The predicted octanol–water partition coefficient (Wildman–Crippen LogP) is 2.47. The lowest BCUT2D eigenvalue weighted by molar-refractivity contribution is -0.138. The molecule has 0 unspecified atom stereocenters. The number of fused-ring (bicyclic) bond motifs is 4. The van der Waals surface area contributed by atoms with Gasteiger partial charge in [0, 0.05) is 31.6 Å². The van der Waals surface area contributed by atoms with Gasteiger partial charge in [-0.25, -0.2) is 8.42 Å². The number of rotatable bonds is 3. The van der Waals surface area contributed by atoms with Gasteiger partial charge in [-0.05, 0) is 55.5 Å². The molecule has 7 heteroatoms. The van der Waals surface area contributed by atoms with Crippen LogP contribution in [0.15, 0.2) is 15.7 Å². The Balaban J connectivity index is 1.57. The summed E-state index contributed by atoms with van der Waals surface area (Å²) in [4.78, 5) is 14.6. The van der Waals surface area contributed by atoms with Gasteiger partial charge in [0.05, 0.1) is 0 Å². The van der Waals surface area contributed by atoms with Gasteiger partial charge in [-0.2, -0.15) is 4.31 Å². The minimum Gasteiger partial charge on any atom is -0.341 e. The summed E-state index contributed by atoms with van der Waals surface area (Å²) in [6, 6.07) is 1.69. The zero-order chi connectivity index (χ0) is 16.9. The normalized spacial score (nSPS) is 28.6. The maximum atomic E-state index is 13.1. The van der Waals surface area contributed by atoms with Crippen molar-refractivity contribution in [2.45, 2.75) is 49.3 Å². The third kappa shape index (κ3) is 2.80. The molecule has 24 heavy (non-hydrogen) atoms. The fourth-order valence-corrected chi connectivity index (χ4v) is 7.16. The van der Waals surface area contributed by atoms with Crippen LogP contribution in [0.1, 0.15) is 37.7 Å². The predicted molar refractivity (Wildman–Crippen MR) is 93.4 cm³/mol. The molecule has 1 saturated carbocycles. The molecule has 4 heterocycles. The number of thiophene rings is 1. The second kappa shape index (κ2) is 6.11. The van der Waals surface area contributed by atoms with Crippen molar-refractivity contribution >= 4 is 27.3 Å². The van der Waals surface area contributed by atoms with E-state index in [-0.39, 0.29) is 23.8 Å². The Morgan fingerprint density at radius 2 is 1.96 bits per heavy atom. The quantitative estimate of drug-likeness (QED) is 0.823. The fourth-order valence-electron chi connectivity index (χ4n) is 4.08. The summed E-state index contributed by atoms with van der Waals surface area (Å²) in [5.41, 5.74) is 0.986. The smallest absolute Gasteiger partial charge is 0.252 e. The minimum atomic E-state index is -3.44. The summed E-state index contributed by atoms with van der Waals surface area (Å²) in [5.74, 6) is 0.709. The molecule has 132 valence electrons. The summed E-state index contributed by atoms with van der Waals surface area (Å²) >= 11 is 1.30. The number of hydrogen-bond donors (Lipinski definition) is 0. The van der Waals surface area contributed by atoms with Gasteiger partial charge in [0.2, 0.25) is 5.91 Å². The highest BCUT2D eigenvalue weighted by atomic mass is 32.2. The SMILES string of the molecule is Cc1csc(S(=O)(=O)N2C[C@H]3CC[C@@H]2CN(C(=O)C2CCC2)C3)c1. The molecular formula is C17H24N2O3S2. The first-order valence-electron chi connectivity index (χ1n) is 8.81. The van der Waals surface area contributed by atoms with Crippen LogP contribution in [0.3, 0.4) is 0 Å². The van der Waals surface area contributed by atoms with E-state index in [0.717, 1.165) is 44.2 Å². The summed E-state index contributed by atoms with van der Waals surface area (Å²) in [5, 5.41) is 1.88. The van der Waals surface area contributed by atoms with E-state index < -0.39 is 10.0 Å². The van der Waals surface area contributed by atoms with Crippen LogP contribution in [0.5, 0.6) is 0 Å². The minimum absolute atomic E-state index is 0.0693. The number of carbonyl (C=O) groups is 1. The van der Waals surface area contributed by atoms with Gasteiger partial charge in [-0.1, -0.05) is 6.42 Å². The number of amides is 1. The van der Waals surface area contributed by atoms with Crippen LogP contribution in [0, 0.1) is 18.8 Å². The van der Waals surface area contributed by atoms with Crippen LogP contribution in [-0.4, -0.2) is 49.2 Å². The van der Waals surface area contributed by atoms with Gasteiger partial charge < -0.3 is 4.90 Å². The Morgan fingerprint density at radius 1 is 1.17 bits per heavy atom. The van der Waals surface area contributed by atoms with Crippen molar-refractivity contribution in [3.8, 4) is 0 Å². The highest BCUT2D eigenvalue weighted by Gasteiger charge is 2.43. The number of sulfonamides is 1. The largest absolute Gasteiger partial charge is 0.341 e. The van der Waals surface area contributed by atoms with E-state index in [9.17, 15) is 13.2 Å². The van der Waals surface area contributed by atoms with Crippen molar-refractivity contribution in [3.63, 3.8) is 0 Å². The van der Waals surface area contributed by atoms with Crippen LogP contribution in [0.25, 0.3) is 0 Å². The number of nitrogens with zero attached hydrogens (tertiary/aromatic N) is 2. The zero-order valence-electron chi connectivity index (χ0n) is 14.0. The summed E-state index contributed by atoms with van der Waals surface area (Å²) < 4.78 is 28.2. The first-order chi connectivity index (χ1) is 11.4. The van der Waals surface area contributed by atoms with E-state index in [4.69, 9.17) is 0 Å². The topological polar surface area (TPSA) is 57.7 Å². The van der Waals surface area contributed by atoms with E-state index in [1.54, 1.807) is 10.4 Å². The fraction of sp³-hybridized carbons (Fsp3) is 0.706. The maximum absolute atomic E-state index is 13.1. The number of hydrogen-bond acceptors (Lipinski definition) is 4. The highest BCUT2D eigenvalue weighted by molar-refractivity contribution is 7.91. The molecule has 1 aliphatic carbocycles. The first-order valence-corrected chi connectivity index (χ1v) is 11.1. The standard InChI is InChI=1S/C17H24N2O3S2/c1-12-7-16(23-11-12)24(21,22)19-9-13-5-6-15(19)10-18(8-13)17(20)14-3-2-4-14/h7,11,13-15H,2-6,8-10H2,1H3/t13-,15+/m0/s1. The summed E-state index contributed by atoms with van der Waals surface area (Å²) in [6.45, 7) is 3.76. The summed E-state index contributed by atoms with van der Waals surface area (Å²) in [6.07, 6.45) is 5.04. The molecule has 5 nitrogen and oxygen atoms in total. The molecule has 4 fully saturated rings. The Kier molecular flexibility index (Phi) is 4.21. The second-order valence-electron chi connectivity index (χ2n) is 7.49. The molecule has 2 atom stereocenters. The third-order valence-corrected chi connectivity index (χ3v) is 9.15. The lowest BCUT2D eigenvalue weighted by Gasteiger charge is -2.34. The molecule has 1 aromatic rings. The molecule has 0 radical (unpaired) electrons. The monoisotopic (exact) mass is 368 g/mol. The summed E-state index contributed by atoms with van der Waals surface area (Å²) in [7, 11) is -3.44. The number of aryl methyl sites for hydroxylation is 1. The average Bonchev–Trinajstić information content (AvgIpc) is 2.74. The molecule has 5 rings (SSSR count). The van der Waals surface area contributed by atoms with Crippen molar-refractivity contribution in [1.82, 2.24) is 9.21 Å². The van der Waals surface area contributed by atoms with Crippen molar-refractivity contribution in [3.05, 3.63) is 17.0 Å². The molecule has 2 bridgehead atoms. The van der Waals surface area contributed by atoms with Crippen LogP contribution in [0.4, 0.5) is 0 Å². The molecule has 3 aliphatic heterocycles. The van der Waals surface area contributed by atoms with Crippen molar-refractivity contribution in [1.29, 1.82) is 0 Å². The van der Waals surface area contributed by atoms with Crippen molar-refractivity contribution < 1.29 is 13.2 Å². The highest BCUT2D eigenvalue weighted by Crippen LogP contribution is 2.36. The molecule has 4 aliphatic rings. The van der Waals surface area contributed by atoms with Crippen LogP contribution in [-0.2, 0) is 14.8 Å². The Bertz CT molecular complexity index is 739. The zero-order valence-corrected chi connectivity index (χ0v) is 15.6. The van der Waals surface area contributed by atoms with E-state index in [2.05, 4.69) is 0 Å². The van der Waals surface area contributed by atoms with Gasteiger partial charge in [0.1, 0.15) is 4.21 Å². The van der Waals surface area contributed by atoms with Crippen molar-refractivity contribution in [2.24, 2.45) is 11.8 Å². The van der Waals surface area contributed by atoms with Gasteiger partial charge in [-0.15, -0.1) is 11.3 Å². The lowest BCUT2D eigenvalue weighted by atomic mass is 9.84. The molecule has 1 amide bonds. The molecule has 3 saturated heterocycles. The van der Waals surface area contributed by atoms with Crippen LogP contribution < -0.4 is 0 Å². The molecule has 0 spiro atoms. The van der Waals surface area contributed by atoms with Crippen LogP contribution >= 0.6 is 11.3 Å². The molecular weight excluding hydrogens is 344 g/mol. The van der Waals surface area contributed by atoms with Crippen molar-refractivity contribution in [2.75, 3.05) is 19.6 Å². The number of carbonyl (C=O) groups excluding carboxylic acids is 1. The maximum Gasteiger partial charge on any atom is 0.252 e. The van der Waals surface area contributed by atoms with Crippen LogP contribution in [0.2, 0.25) is 0 Å². The van der Waals surface area contributed by atoms with E-state index in [1.807, 2.05) is 17.2 Å². The Hall–Kier alpha value is -0.920. The molecule has 0 N–H and O–H groups in total. The van der Waals surface area contributed by atoms with Gasteiger partial charge >= 0.3 is 0 Å². The second-order valence-corrected chi connectivity index (χ2v) is 10.5. The van der Waals surface area contributed by atoms with Gasteiger partial charge in [0.15, 0.2) is 0 Å². The van der Waals surface area contributed by atoms with E-state index >= 15 is 0 Å². The van der Waals surface area contributed by atoms with Gasteiger partial charge in [0.25, 0.3) is 10.0 Å². The Morgan fingerprint density at radius 3 is 2.58 bits per heavy atom.